The number of hydrogen-bond acceptors (Lipinski definition) is 4. The number of nitrogens with two attached hydrogens (primary N) is 1. The quantitative estimate of drug-likeness (QED) is 0.862. The van der Waals surface area contributed by atoms with E-state index in [1.54, 1.807) is 36.4 Å². The van der Waals surface area contributed by atoms with E-state index in [2.05, 4.69) is 15.9 Å². The normalized spacial score (nSPS) is 11.0. The Morgan fingerprint density at radius 3 is 2.40 bits per heavy atom. The lowest BCUT2D eigenvalue weighted by Gasteiger charge is -2.08. The van der Waals surface area contributed by atoms with Crippen LogP contribution in [0.3, 0.4) is 0 Å². The number of hydrogen-bond donors (Lipinski definition) is 1. The second-order valence-electron chi connectivity index (χ2n) is 4.25. The van der Waals surface area contributed by atoms with Crippen LogP contribution in [-0.4, -0.2) is 8.42 Å². The molecule has 102 valence electrons. The highest BCUT2D eigenvalue weighted by Crippen LogP contribution is 2.26. The van der Waals surface area contributed by atoms with Gasteiger partial charge in [-0.05, 0) is 35.9 Å². The first-order valence-corrected chi connectivity index (χ1v) is 8.14. The van der Waals surface area contributed by atoms with Gasteiger partial charge in [0.25, 0.3) is 0 Å². The van der Waals surface area contributed by atoms with Crippen LogP contribution in [0.15, 0.2) is 51.8 Å². The van der Waals surface area contributed by atoms with Gasteiger partial charge in [0, 0.05) is 4.47 Å². The second kappa shape index (κ2) is 5.65. The summed E-state index contributed by atoms with van der Waals surface area (Å²) >= 11 is 3.24. The highest BCUT2D eigenvalue weighted by Gasteiger charge is 2.18. The van der Waals surface area contributed by atoms with Gasteiger partial charge in [-0.15, -0.1) is 0 Å². The van der Waals surface area contributed by atoms with Crippen LogP contribution in [0.4, 0.5) is 5.69 Å². The van der Waals surface area contributed by atoms with Crippen LogP contribution in [-0.2, 0) is 15.6 Å². The van der Waals surface area contributed by atoms with Gasteiger partial charge in [0.15, 0.2) is 9.84 Å². The molecule has 0 fully saturated rings. The molecule has 2 aromatic carbocycles. The molecule has 2 N–H and O–H groups in total. The first-order chi connectivity index (χ1) is 9.42. The first kappa shape index (κ1) is 14.6. The molecule has 0 aliphatic carbocycles. The molecule has 0 unspecified atom stereocenters. The summed E-state index contributed by atoms with van der Waals surface area (Å²) in [6.45, 7) is 0. The van der Waals surface area contributed by atoms with Crippen molar-refractivity contribution in [1.29, 1.82) is 5.26 Å². The molecule has 0 saturated heterocycles. The molecule has 0 atom stereocenters. The average molecular weight is 351 g/mol. The molecule has 20 heavy (non-hydrogen) atoms. The maximum atomic E-state index is 12.4. The van der Waals surface area contributed by atoms with Gasteiger partial charge in [0.05, 0.1) is 28.0 Å². The van der Waals surface area contributed by atoms with Crippen molar-refractivity contribution in [2.24, 2.45) is 0 Å². The minimum absolute atomic E-state index is 0.108. The molecule has 0 amide bonds. The lowest BCUT2D eigenvalue weighted by atomic mass is 10.2. The maximum absolute atomic E-state index is 12.4. The van der Waals surface area contributed by atoms with Gasteiger partial charge in [-0.3, -0.25) is 0 Å². The number of nitrogens with zero attached hydrogens (tertiary/aromatic N) is 1. The van der Waals surface area contributed by atoms with Crippen LogP contribution in [0.2, 0.25) is 0 Å². The minimum atomic E-state index is -3.52. The summed E-state index contributed by atoms with van der Waals surface area (Å²) < 4.78 is 25.4. The van der Waals surface area contributed by atoms with Crippen molar-refractivity contribution in [2.75, 3.05) is 5.73 Å². The van der Waals surface area contributed by atoms with E-state index in [4.69, 9.17) is 11.0 Å². The number of nitrogen functional groups attached to an aromatic ring is 1. The summed E-state index contributed by atoms with van der Waals surface area (Å²) in [6.07, 6.45) is 0. The Hall–Kier alpha value is -1.84. The lowest BCUT2D eigenvalue weighted by molar-refractivity contribution is 0.595. The zero-order chi connectivity index (χ0) is 14.8. The maximum Gasteiger partial charge on any atom is 0.184 e. The standard InChI is InChI=1S/C14H11BrN2O2S/c15-12-5-6-13(17)14(7-12)20(18,19)9-11-3-1-10(8-16)2-4-11/h1-7H,9,17H2. The Kier molecular flexibility index (Phi) is 4.12. The Labute approximate surface area is 125 Å². The van der Waals surface area contributed by atoms with Crippen LogP contribution < -0.4 is 5.73 Å². The van der Waals surface area contributed by atoms with Crippen molar-refractivity contribution in [3.05, 3.63) is 58.1 Å². The number of halogens is 1. The smallest absolute Gasteiger partial charge is 0.184 e. The summed E-state index contributed by atoms with van der Waals surface area (Å²) in [7, 11) is -3.52. The van der Waals surface area contributed by atoms with Gasteiger partial charge in [0.1, 0.15) is 0 Å². The molecule has 2 aromatic rings. The molecule has 0 aliphatic heterocycles. The second-order valence-corrected chi connectivity index (χ2v) is 7.12. The fourth-order valence-electron chi connectivity index (χ4n) is 1.75. The molecule has 2 rings (SSSR count). The van der Waals surface area contributed by atoms with Gasteiger partial charge in [0.2, 0.25) is 0 Å². The van der Waals surface area contributed by atoms with Gasteiger partial charge in [-0.25, -0.2) is 8.42 Å². The fourth-order valence-corrected chi connectivity index (χ4v) is 3.78. The van der Waals surface area contributed by atoms with E-state index in [-0.39, 0.29) is 16.3 Å². The van der Waals surface area contributed by atoms with Crippen LogP contribution in [0, 0.1) is 11.3 Å². The molecule has 0 saturated carbocycles. The molecular weight excluding hydrogens is 340 g/mol. The largest absolute Gasteiger partial charge is 0.398 e. The van der Waals surface area contributed by atoms with Crippen molar-refractivity contribution in [3.8, 4) is 6.07 Å². The van der Waals surface area contributed by atoms with Gasteiger partial charge < -0.3 is 5.73 Å². The zero-order valence-electron chi connectivity index (χ0n) is 10.4. The number of rotatable bonds is 3. The van der Waals surface area contributed by atoms with Crippen LogP contribution in [0.5, 0.6) is 0 Å². The Morgan fingerprint density at radius 2 is 1.80 bits per heavy atom. The van der Waals surface area contributed by atoms with Gasteiger partial charge >= 0.3 is 0 Å². The zero-order valence-corrected chi connectivity index (χ0v) is 12.8. The first-order valence-electron chi connectivity index (χ1n) is 5.69. The number of nitriles is 1. The molecule has 6 heteroatoms. The summed E-state index contributed by atoms with van der Waals surface area (Å²) in [6, 6.07) is 13.2. The predicted molar refractivity (Wildman–Crippen MR) is 80.6 cm³/mol. The van der Waals surface area contributed by atoms with E-state index in [0.717, 1.165) is 0 Å². The molecule has 0 spiro atoms. The van der Waals surface area contributed by atoms with Crippen LogP contribution in [0.1, 0.15) is 11.1 Å². The predicted octanol–water partition coefficient (Wildman–Crippen LogP) is 2.88. The number of anilines is 1. The molecule has 0 aromatic heterocycles. The molecule has 0 heterocycles. The summed E-state index contributed by atoms with van der Waals surface area (Å²) in [4.78, 5) is 0.108. The summed E-state index contributed by atoms with van der Waals surface area (Å²) in [5.41, 5.74) is 7.06. The van der Waals surface area contributed by atoms with E-state index >= 15 is 0 Å². The van der Waals surface area contributed by atoms with Gasteiger partial charge in [-0.1, -0.05) is 28.1 Å². The minimum Gasteiger partial charge on any atom is -0.398 e. The van der Waals surface area contributed by atoms with E-state index in [1.165, 1.54) is 6.07 Å². The monoisotopic (exact) mass is 350 g/mol. The highest BCUT2D eigenvalue weighted by molar-refractivity contribution is 9.10. The molecule has 0 aliphatic rings. The Balaban J connectivity index is 2.35. The molecular formula is C14H11BrN2O2S. The van der Waals surface area contributed by atoms with Crippen molar-refractivity contribution in [3.63, 3.8) is 0 Å². The topological polar surface area (TPSA) is 84.0 Å². The summed E-state index contributed by atoms with van der Waals surface area (Å²) in [5.74, 6) is -0.153. The van der Waals surface area contributed by atoms with Crippen molar-refractivity contribution in [2.45, 2.75) is 10.6 Å². The van der Waals surface area contributed by atoms with E-state index in [1.807, 2.05) is 6.07 Å². The van der Waals surface area contributed by atoms with E-state index in [9.17, 15) is 8.42 Å². The number of sulfone groups is 1. The van der Waals surface area contributed by atoms with Crippen molar-refractivity contribution >= 4 is 31.5 Å². The van der Waals surface area contributed by atoms with Crippen LogP contribution in [0.25, 0.3) is 0 Å². The van der Waals surface area contributed by atoms with Crippen LogP contribution >= 0.6 is 15.9 Å². The third kappa shape index (κ3) is 3.18. The molecule has 0 radical (unpaired) electrons. The van der Waals surface area contributed by atoms with E-state index < -0.39 is 9.84 Å². The Morgan fingerprint density at radius 1 is 1.15 bits per heavy atom. The van der Waals surface area contributed by atoms with Gasteiger partial charge in [-0.2, -0.15) is 5.26 Å². The number of benzene rings is 2. The third-order valence-electron chi connectivity index (χ3n) is 2.75. The SMILES string of the molecule is N#Cc1ccc(CS(=O)(=O)c2cc(Br)ccc2N)cc1. The molecule has 0 bridgehead atoms. The third-order valence-corrected chi connectivity index (χ3v) is 4.98. The Bertz CT molecular complexity index is 778. The van der Waals surface area contributed by atoms with Crippen molar-refractivity contribution in [1.82, 2.24) is 0 Å². The molecule has 4 nitrogen and oxygen atoms in total. The average Bonchev–Trinajstić information content (AvgIpc) is 2.42. The highest BCUT2D eigenvalue weighted by atomic mass is 79.9. The summed E-state index contributed by atoms with van der Waals surface area (Å²) in [5, 5.41) is 8.72. The lowest BCUT2D eigenvalue weighted by Crippen LogP contribution is -2.08. The fraction of sp³-hybridized carbons (Fsp3) is 0.0714. The van der Waals surface area contributed by atoms with E-state index in [0.29, 0.717) is 15.6 Å². The van der Waals surface area contributed by atoms with Crippen molar-refractivity contribution < 1.29 is 8.42 Å².